The van der Waals surface area contributed by atoms with E-state index in [1.165, 1.54) is 39.9 Å². The van der Waals surface area contributed by atoms with Gasteiger partial charge in [-0.3, -0.25) is 0 Å². The number of halogens is 3. The number of anilines is 1. The van der Waals surface area contributed by atoms with Crippen LogP contribution < -0.4 is 4.90 Å². The average molecular weight is 454 g/mol. The van der Waals surface area contributed by atoms with Crippen molar-refractivity contribution in [3.8, 4) is 0 Å². The van der Waals surface area contributed by atoms with Gasteiger partial charge in [0.15, 0.2) is 16.8 Å². The first kappa shape index (κ1) is 20.8. The Bertz CT molecular complexity index is 1160. The van der Waals surface area contributed by atoms with Crippen LogP contribution in [0.1, 0.15) is 11.3 Å². The number of aromatic nitrogens is 1. The normalized spacial score (nSPS) is 15.5. The highest BCUT2D eigenvalue weighted by Gasteiger charge is 2.29. The van der Waals surface area contributed by atoms with E-state index in [1.807, 2.05) is 10.3 Å². The van der Waals surface area contributed by atoms with Crippen molar-refractivity contribution in [2.75, 3.05) is 31.1 Å². The third-order valence-electron chi connectivity index (χ3n) is 4.85. The molecule has 1 aromatic heterocycles. The van der Waals surface area contributed by atoms with E-state index in [4.69, 9.17) is 0 Å². The maximum absolute atomic E-state index is 13.4. The van der Waals surface area contributed by atoms with Crippen LogP contribution in [0.3, 0.4) is 0 Å². The van der Waals surface area contributed by atoms with Crippen LogP contribution in [-0.4, -0.2) is 43.9 Å². The molecule has 1 aliphatic heterocycles. The van der Waals surface area contributed by atoms with Gasteiger partial charge in [-0.05, 0) is 35.9 Å². The highest BCUT2D eigenvalue weighted by molar-refractivity contribution is 7.89. The zero-order chi connectivity index (χ0) is 21.3. The van der Waals surface area contributed by atoms with E-state index in [9.17, 15) is 21.6 Å². The zero-order valence-corrected chi connectivity index (χ0v) is 17.4. The third kappa shape index (κ3) is 4.35. The van der Waals surface area contributed by atoms with Gasteiger partial charge in [-0.15, -0.1) is 11.3 Å². The van der Waals surface area contributed by atoms with E-state index in [0.29, 0.717) is 25.1 Å². The summed E-state index contributed by atoms with van der Waals surface area (Å²) in [6.07, 6.45) is 0.377. The van der Waals surface area contributed by atoms with Crippen molar-refractivity contribution >= 4 is 26.5 Å². The monoisotopic (exact) mass is 453 g/mol. The highest BCUT2D eigenvalue weighted by atomic mass is 32.2. The van der Waals surface area contributed by atoms with Gasteiger partial charge in [-0.1, -0.05) is 12.1 Å². The first-order chi connectivity index (χ1) is 14.3. The van der Waals surface area contributed by atoms with Crippen molar-refractivity contribution in [3.05, 3.63) is 76.6 Å². The largest absolute Gasteiger partial charge is 0.345 e. The fourth-order valence-corrected chi connectivity index (χ4v) is 5.61. The number of hydrogen-bond acceptors (Lipinski definition) is 5. The highest BCUT2D eigenvalue weighted by Crippen LogP contribution is 2.25. The van der Waals surface area contributed by atoms with Crippen molar-refractivity contribution < 1.29 is 21.6 Å². The summed E-state index contributed by atoms with van der Waals surface area (Å²) in [6.45, 7) is 1.42. The van der Waals surface area contributed by atoms with Gasteiger partial charge in [0.05, 0.1) is 10.6 Å². The predicted octanol–water partition coefficient (Wildman–Crippen LogP) is 3.66. The molecule has 0 amide bonds. The summed E-state index contributed by atoms with van der Waals surface area (Å²) in [5.41, 5.74) is 1.35. The van der Waals surface area contributed by atoms with Gasteiger partial charge < -0.3 is 4.90 Å². The molecule has 2 heterocycles. The Morgan fingerprint density at radius 3 is 2.43 bits per heavy atom. The van der Waals surface area contributed by atoms with Crippen LogP contribution in [0.2, 0.25) is 0 Å². The van der Waals surface area contributed by atoms with Gasteiger partial charge in [0.25, 0.3) is 0 Å². The van der Waals surface area contributed by atoms with E-state index in [0.717, 1.165) is 29.0 Å². The lowest BCUT2D eigenvalue weighted by molar-refractivity contribution is 0.384. The lowest BCUT2D eigenvalue weighted by Crippen LogP contribution is -2.48. The van der Waals surface area contributed by atoms with Crippen molar-refractivity contribution in [3.63, 3.8) is 0 Å². The van der Waals surface area contributed by atoms with Crippen molar-refractivity contribution in [2.24, 2.45) is 0 Å². The quantitative estimate of drug-likeness (QED) is 0.592. The first-order valence-electron chi connectivity index (χ1n) is 9.22. The molecule has 2 aromatic carbocycles. The third-order valence-corrected chi connectivity index (χ3v) is 7.70. The lowest BCUT2D eigenvalue weighted by atomic mass is 10.1. The molecule has 4 rings (SSSR count). The predicted molar refractivity (Wildman–Crippen MR) is 109 cm³/mol. The van der Waals surface area contributed by atoms with E-state index < -0.39 is 27.5 Å². The summed E-state index contributed by atoms with van der Waals surface area (Å²) in [5.74, 6) is -2.37. The van der Waals surface area contributed by atoms with Crippen LogP contribution in [0.25, 0.3) is 0 Å². The minimum atomic E-state index is -3.75. The van der Waals surface area contributed by atoms with Gasteiger partial charge in [0.2, 0.25) is 10.0 Å². The van der Waals surface area contributed by atoms with E-state index in [1.54, 1.807) is 0 Å². The molecule has 0 bridgehead atoms. The molecule has 3 aromatic rings. The van der Waals surface area contributed by atoms with Gasteiger partial charge in [-0.25, -0.2) is 26.6 Å². The first-order valence-corrected chi connectivity index (χ1v) is 11.5. The summed E-state index contributed by atoms with van der Waals surface area (Å²) in [5, 5.41) is 2.60. The number of nitrogens with zero attached hydrogens (tertiary/aromatic N) is 3. The number of hydrogen-bond donors (Lipinski definition) is 0. The Balaban J connectivity index is 1.40. The lowest BCUT2D eigenvalue weighted by Gasteiger charge is -2.33. The summed E-state index contributed by atoms with van der Waals surface area (Å²) < 4.78 is 66.6. The molecule has 30 heavy (non-hydrogen) atoms. The molecule has 158 valence electrons. The van der Waals surface area contributed by atoms with Gasteiger partial charge in [0, 0.05) is 38.0 Å². The molecule has 0 saturated carbocycles. The molecule has 0 atom stereocenters. The SMILES string of the molecule is O=S(=O)(c1cccc(F)c1)N1CCN(c2nc(Cc3ccc(F)c(F)c3)cs2)CC1. The molecule has 0 aliphatic carbocycles. The maximum Gasteiger partial charge on any atom is 0.243 e. The average Bonchev–Trinajstić information content (AvgIpc) is 3.19. The minimum absolute atomic E-state index is 0.0565. The summed E-state index contributed by atoms with van der Waals surface area (Å²) in [7, 11) is -3.75. The van der Waals surface area contributed by atoms with Gasteiger partial charge in [0.1, 0.15) is 5.82 Å². The molecule has 1 fully saturated rings. The molecule has 0 spiro atoms. The van der Waals surface area contributed by atoms with E-state index in [-0.39, 0.29) is 18.0 Å². The number of thiazole rings is 1. The molecule has 10 heteroatoms. The molecular formula is C20H18F3N3O2S2. The van der Waals surface area contributed by atoms with Crippen LogP contribution in [0, 0.1) is 17.5 Å². The fraction of sp³-hybridized carbons (Fsp3) is 0.250. The van der Waals surface area contributed by atoms with Crippen LogP contribution in [0.5, 0.6) is 0 Å². The van der Waals surface area contributed by atoms with Crippen LogP contribution in [0.4, 0.5) is 18.3 Å². The number of rotatable bonds is 5. The number of sulfonamides is 1. The van der Waals surface area contributed by atoms with Crippen molar-refractivity contribution in [2.45, 2.75) is 11.3 Å². The van der Waals surface area contributed by atoms with Gasteiger partial charge >= 0.3 is 0 Å². The van der Waals surface area contributed by atoms with Crippen LogP contribution in [0.15, 0.2) is 52.7 Å². The van der Waals surface area contributed by atoms with E-state index >= 15 is 0 Å². The maximum atomic E-state index is 13.4. The standard InChI is InChI=1S/C20H18F3N3O2S2/c21-15-2-1-3-17(12-15)30(27,28)26-8-6-25(7-9-26)20-24-16(13-29-20)10-14-4-5-18(22)19(23)11-14/h1-5,11-13H,6-10H2. The number of piperazine rings is 1. The zero-order valence-electron chi connectivity index (χ0n) is 15.8. The van der Waals surface area contributed by atoms with E-state index in [2.05, 4.69) is 4.98 Å². The minimum Gasteiger partial charge on any atom is -0.345 e. The Kier molecular flexibility index (Phi) is 5.81. The Morgan fingerprint density at radius 2 is 1.73 bits per heavy atom. The Hall–Kier alpha value is -2.43. The fourth-order valence-electron chi connectivity index (χ4n) is 3.28. The molecule has 1 aliphatic rings. The second kappa shape index (κ2) is 8.37. The molecule has 1 saturated heterocycles. The topological polar surface area (TPSA) is 53.5 Å². The molecule has 0 N–H and O–H groups in total. The van der Waals surface area contributed by atoms with Crippen molar-refractivity contribution in [1.29, 1.82) is 0 Å². The Morgan fingerprint density at radius 1 is 0.967 bits per heavy atom. The molecule has 5 nitrogen and oxygen atoms in total. The summed E-state index contributed by atoms with van der Waals surface area (Å²) in [4.78, 5) is 6.48. The smallest absolute Gasteiger partial charge is 0.243 e. The summed E-state index contributed by atoms with van der Waals surface area (Å²) >= 11 is 1.42. The number of benzene rings is 2. The second-order valence-electron chi connectivity index (χ2n) is 6.90. The molecule has 0 radical (unpaired) electrons. The molecular weight excluding hydrogens is 435 g/mol. The summed E-state index contributed by atoms with van der Waals surface area (Å²) in [6, 6.07) is 8.76. The van der Waals surface area contributed by atoms with Gasteiger partial charge in [-0.2, -0.15) is 4.31 Å². The molecule has 0 unspecified atom stereocenters. The van der Waals surface area contributed by atoms with Crippen LogP contribution in [-0.2, 0) is 16.4 Å². The van der Waals surface area contributed by atoms with Crippen LogP contribution >= 0.6 is 11.3 Å². The second-order valence-corrected chi connectivity index (χ2v) is 9.67. The Labute approximate surface area is 176 Å². The van der Waals surface area contributed by atoms with Crippen molar-refractivity contribution in [1.82, 2.24) is 9.29 Å².